The number of carbonyl (C=O) groups is 1. The van der Waals surface area contributed by atoms with E-state index in [2.05, 4.69) is 10.5 Å². The molecule has 6 heteroatoms. The first-order chi connectivity index (χ1) is 10.1. The number of rotatable bonds is 4. The number of hydrogen-bond acceptors (Lipinski definition) is 2. The van der Waals surface area contributed by atoms with Gasteiger partial charge in [-0.25, -0.2) is 9.82 Å². The lowest BCUT2D eigenvalue weighted by molar-refractivity contribution is -0.120. The summed E-state index contributed by atoms with van der Waals surface area (Å²) in [7, 11) is 0. The van der Waals surface area contributed by atoms with E-state index in [0.717, 1.165) is 5.56 Å². The highest BCUT2D eigenvalue weighted by Gasteiger charge is 2.05. The second kappa shape index (κ2) is 7.20. The molecule has 108 valence electrons. The number of nitrogens with one attached hydrogen (secondary N) is 1. The number of halogens is 3. The van der Waals surface area contributed by atoms with Gasteiger partial charge in [-0.2, -0.15) is 5.10 Å². The van der Waals surface area contributed by atoms with Gasteiger partial charge < -0.3 is 0 Å². The fourth-order valence-corrected chi connectivity index (χ4v) is 1.97. The molecule has 21 heavy (non-hydrogen) atoms. The second-order valence-electron chi connectivity index (χ2n) is 4.23. The Hall–Kier alpha value is -1.91. The molecule has 0 saturated carbocycles. The molecule has 0 saturated heterocycles. The van der Waals surface area contributed by atoms with Crippen LogP contribution in [0.5, 0.6) is 0 Å². The summed E-state index contributed by atoms with van der Waals surface area (Å²) in [5.74, 6) is -0.820. The molecule has 0 bridgehead atoms. The van der Waals surface area contributed by atoms with Crippen LogP contribution in [-0.2, 0) is 11.2 Å². The molecule has 0 heterocycles. The van der Waals surface area contributed by atoms with E-state index in [-0.39, 0.29) is 22.9 Å². The summed E-state index contributed by atoms with van der Waals surface area (Å²) >= 11 is 11.6. The highest BCUT2D eigenvalue weighted by Crippen LogP contribution is 2.16. The van der Waals surface area contributed by atoms with Gasteiger partial charge in [-0.05, 0) is 29.8 Å². The van der Waals surface area contributed by atoms with Crippen molar-refractivity contribution >= 4 is 35.3 Å². The zero-order valence-electron chi connectivity index (χ0n) is 10.8. The molecule has 0 atom stereocenters. The maximum Gasteiger partial charge on any atom is 0.244 e. The number of hydrazone groups is 1. The lowest BCUT2D eigenvalue weighted by Gasteiger charge is -2.02. The van der Waals surface area contributed by atoms with Gasteiger partial charge in [-0.3, -0.25) is 4.79 Å². The monoisotopic (exact) mass is 324 g/mol. The maximum atomic E-state index is 13.5. The minimum Gasteiger partial charge on any atom is -0.273 e. The number of carbonyl (C=O) groups excluding carboxylic acids is 1. The van der Waals surface area contributed by atoms with E-state index in [4.69, 9.17) is 23.2 Å². The van der Waals surface area contributed by atoms with E-state index in [1.165, 1.54) is 18.3 Å². The molecule has 0 aliphatic carbocycles. The van der Waals surface area contributed by atoms with Gasteiger partial charge in [0, 0.05) is 10.6 Å². The van der Waals surface area contributed by atoms with Gasteiger partial charge in [0.2, 0.25) is 5.91 Å². The lowest BCUT2D eigenvalue weighted by atomic mass is 10.1. The Kier molecular flexibility index (Phi) is 5.31. The lowest BCUT2D eigenvalue weighted by Crippen LogP contribution is -2.19. The standard InChI is InChI=1S/C15H11Cl2FN2O/c16-11-6-4-10(5-7-11)8-15(21)20-19-9-12-13(17)2-1-3-14(12)18/h1-7,9H,8H2,(H,20,21)/b19-9-. The van der Waals surface area contributed by atoms with Crippen molar-refractivity contribution in [1.82, 2.24) is 5.43 Å². The number of amides is 1. The predicted molar refractivity (Wildman–Crippen MR) is 82.3 cm³/mol. The summed E-state index contributed by atoms with van der Waals surface area (Å²) in [5, 5.41) is 4.53. The summed E-state index contributed by atoms with van der Waals surface area (Å²) in [6.45, 7) is 0. The molecule has 0 fully saturated rings. The van der Waals surface area contributed by atoms with Crippen molar-refractivity contribution in [2.45, 2.75) is 6.42 Å². The summed E-state index contributed by atoms with van der Waals surface area (Å²) in [4.78, 5) is 11.7. The third-order valence-electron chi connectivity index (χ3n) is 2.66. The van der Waals surface area contributed by atoms with Crippen LogP contribution in [0.1, 0.15) is 11.1 Å². The van der Waals surface area contributed by atoms with Crippen molar-refractivity contribution in [2.24, 2.45) is 5.10 Å². The van der Waals surface area contributed by atoms with Gasteiger partial charge >= 0.3 is 0 Å². The van der Waals surface area contributed by atoms with Crippen LogP contribution >= 0.6 is 23.2 Å². The summed E-state index contributed by atoms with van der Waals surface area (Å²) < 4.78 is 13.5. The predicted octanol–water partition coefficient (Wildman–Crippen LogP) is 3.83. The molecule has 2 aromatic carbocycles. The normalized spacial score (nSPS) is 10.8. The summed E-state index contributed by atoms with van der Waals surface area (Å²) in [6.07, 6.45) is 1.33. The van der Waals surface area contributed by atoms with Crippen LogP contribution in [-0.4, -0.2) is 12.1 Å². The highest BCUT2D eigenvalue weighted by molar-refractivity contribution is 6.33. The van der Waals surface area contributed by atoms with E-state index in [1.54, 1.807) is 30.3 Å². The number of hydrogen-bond donors (Lipinski definition) is 1. The highest BCUT2D eigenvalue weighted by atomic mass is 35.5. The maximum absolute atomic E-state index is 13.5. The molecular weight excluding hydrogens is 314 g/mol. The first-order valence-corrected chi connectivity index (χ1v) is 6.82. The van der Waals surface area contributed by atoms with Crippen molar-refractivity contribution < 1.29 is 9.18 Å². The smallest absolute Gasteiger partial charge is 0.244 e. The molecule has 1 amide bonds. The fraction of sp³-hybridized carbons (Fsp3) is 0.0667. The molecule has 2 aromatic rings. The molecule has 0 aliphatic heterocycles. The van der Waals surface area contributed by atoms with Crippen molar-refractivity contribution in [3.05, 3.63) is 69.5 Å². The molecule has 0 radical (unpaired) electrons. The summed E-state index contributed by atoms with van der Waals surface area (Å²) in [5.41, 5.74) is 3.25. The average molecular weight is 325 g/mol. The molecule has 0 unspecified atom stereocenters. The minimum atomic E-state index is -0.502. The third-order valence-corrected chi connectivity index (χ3v) is 3.24. The molecule has 3 nitrogen and oxygen atoms in total. The Bertz CT molecular complexity index is 652. The Morgan fingerprint density at radius 2 is 1.90 bits per heavy atom. The molecule has 0 aliphatic rings. The Morgan fingerprint density at radius 1 is 1.19 bits per heavy atom. The van der Waals surface area contributed by atoms with E-state index in [9.17, 15) is 9.18 Å². The SMILES string of the molecule is O=C(Cc1ccc(Cl)cc1)N/N=C\c1c(F)cccc1Cl. The van der Waals surface area contributed by atoms with Crippen molar-refractivity contribution in [1.29, 1.82) is 0 Å². The number of benzene rings is 2. The molecule has 2 rings (SSSR count). The second-order valence-corrected chi connectivity index (χ2v) is 5.08. The minimum absolute atomic E-state index is 0.131. The van der Waals surface area contributed by atoms with Crippen LogP contribution < -0.4 is 5.43 Å². The third kappa shape index (κ3) is 4.55. The van der Waals surface area contributed by atoms with Crippen LogP contribution in [0.4, 0.5) is 4.39 Å². The average Bonchev–Trinajstić information content (AvgIpc) is 2.45. The zero-order valence-corrected chi connectivity index (χ0v) is 12.3. The molecule has 0 spiro atoms. The van der Waals surface area contributed by atoms with E-state index >= 15 is 0 Å². The van der Waals surface area contributed by atoms with Crippen LogP contribution in [0.25, 0.3) is 0 Å². The summed E-state index contributed by atoms with van der Waals surface area (Å²) in [6, 6.07) is 11.2. The first kappa shape index (κ1) is 15.5. The quantitative estimate of drug-likeness (QED) is 0.674. The van der Waals surface area contributed by atoms with Gasteiger partial charge in [0.05, 0.1) is 17.7 Å². The Labute approximate surface area is 131 Å². The van der Waals surface area contributed by atoms with Crippen LogP contribution in [0, 0.1) is 5.82 Å². The Morgan fingerprint density at radius 3 is 2.57 bits per heavy atom. The van der Waals surface area contributed by atoms with Gasteiger partial charge in [0.15, 0.2) is 0 Å². The van der Waals surface area contributed by atoms with E-state index in [0.29, 0.717) is 5.02 Å². The largest absolute Gasteiger partial charge is 0.273 e. The van der Waals surface area contributed by atoms with Crippen molar-refractivity contribution in [3.63, 3.8) is 0 Å². The zero-order chi connectivity index (χ0) is 15.2. The first-order valence-electron chi connectivity index (χ1n) is 6.06. The van der Waals surface area contributed by atoms with Gasteiger partial charge in [-0.15, -0.1) is 0 Å². The van der Waals surface area contributed by atoms with Crippen LogP contribution in [0.3, 0.4) is 0 Å². The van der Waals surface area contributed by atoms with Gasteiger partial charge in [0.1, 0.15) is 5.82 Å². The number of nitrogens with zero attached hydrogens (tertiary/aromatic N) is 1. The molecule has 1 N–H and O–H groups in total. The van der Waals surface area contributed by atoms with Gasteiger partial charge in [0.25, 0.3) is 0 Å². The van der Waals surface area contributed by atoms with Crippen LogP contribution in [0.15, 0.2) is 47.6 Å². The molecular formula is C15H11Cl2FN2O. The molecule has 0 aromatic heterocycles. The van der Waals surface area contributed by atoms with Crippen LogP contribution in [0.2, 0.25) is 10.0 Å². The topological polar surface area (TPSA) is 41.5 Å². The van der Waals surface area contributed by atoms with E-state index in [1.807, 2.05) is 0 Å². The van der Waals surface area contributed by atoms with Gasteiger partial charge in [-0.1, -0.05) is 41.4 Å². The Balaban J connectivity index is 1.95. The van der Waals surface area contributed by atoms with E-state index < -0.39 is 5.82 Å². The fourth-order valence-electron chi connectivity index (χ4n) is 1.63. The van der Waals surface area contributed by atoms with Crippen molar-refractivity contribution in [2.75, 3.05) is 0 Å². The van der Waals surface area contributed by atoms with Crippen molar-refractivity contribution in [3.8, 4) is 0 Å².